The minimum absolute atomic E-state index is 0.564. The van der Waals surface area contributed by atoms with E-state index in [-0.39, 0.29) is 0 Å². The summed E-state index contributed by atoms with van der Waals surface area (Å²) in [6.45, 7) is 1.93. The lowest BCUT2D eigenvalue weighted by Gasteiger charge is -2.17. The highest BCUT2D eigenvalue weighted by atomic mass is 35.5. The summed E-state index contributed by atoms with van der Waals surface area (Å²) < 4.78 is 11.7. The summed E-state index contributed by atoms with van der Waals surface area (Å²) in [5.41, 5.74) is 7.17. The Kier molecular flexibility index (Phi) is 9.58. The highest BCUT2D eigenvalue weighted by molar-refractivity contribution is 6.18. The number of halogens is 1. The molecule has 0 spiro atoms. The fourth-order valence-electron chi connectivity index (χ4n) is 4.10. The molecule has 0 fully saturated rings. The molecule has 0 aromatic heterocycles. The average molecular weight is 483 g/mol. The van der Waals surface area contributed by atoms with Gasteiger partial charge < -0.3 is 9.47 Å². The fraction of sp³-hybridized carbons (Fsp3) is 0.188. The van der Waals surface area contributed by atoms with Crippen LogP contribution < -0.4 is 4.74 Å². The molecule has 0 N–H and O–H groups in total. The van der Waals surface area contributed by atoms with Crippen molar-refractivity contribution in [2.75, 3.05) is 19.1 Å². The van der Waals surface area contributed by atoms with Gasteiger partial charge in [0.2, 0.25) is 0 Å². The van der Waals surface area contributed by atoms with E-state index in [1.165, 1.54) is 27.8 Å². The second kappa shape index (κ2) is 13.5. The number of hydrogen-bond donors (Lipinski definition) is 0. The Bertz CT molecular complexity index is 1170. The highest BCUT2D eigenvalue weighted by Gasteiger charge is 2.14. The minimum Gasteiger partial charge on any atom is -0.494 e. The molecule has 2 nitrogen and oxygen atoms in total. The maximum absolute atomic E-state index is 6.25. The molecule has 35 heavy (non-hydrogen) atoms. The lowest BCUT2D eigenvalue weighted by atomic mass is 9.88. The van der Waals surface area contributed by atoms with Gasteiger partial charge in [0.05, 0.1) is 19.8 Å². The van der Waals surface area contributed by atoms with E-state index in [0.717, 1.165) is 24.2 Å². The van der Waals surface area contributed by atoms with Crippen molar-refractivity contribution >= 4 is 22.7 Å². The van der Waals surface area contributed by atoms with Crippen molar-refractivity contribution in [2.24, 2.45) is 0 Å². The van der Waals surface area contributed by atoms with E-state index >= 15 is 0 Å². The van der Waals surface area contributed by atoms with Crippen molar-refractivity contribution in [3.8, 4) is 5.75 Å². The number of ether oxygens (including phenoxy) is 2. The van der Waals surface area contributed by atoms with Crippen LogP contribution in [0.25, 0.3) is 11.1 Å². The Morgan fingerprint density at radius 2 is 1.17 bits per heavy atom. The van der Waals surface area contributed by atoms with E-state index in [1.54, 1.807) is 0 Å². The first-order valence-electron chi connectivity index (χ1n) is 12.1. The van der Waals surface area contributed by atoms with Crippen LogP contribution in [0.5, 0.6) is 5.75 Å². The van der Waals surface area contributed by atoms with E-state index in [0.29, 0.717) is 25.7 Å². The quantitative estimate of drug-likeness (QED) is 0.115. The van der Waals surface area contributed by atoms with Gasteiger partial charge in [-0.3, -0.25) is 0 Å². The second-order valence-corrected chi connectivity index (χ2v) is 8.67. The predicted molar refractivity (Wildman–Crippen MR) is 147 cm³/mol. The number of hydrogen-bond acceptors (Lipinski definition) is 2. The smallest absolute Gasteiger partial charge is 0.119 e. The minimum atomic E-state index is 0.564. The summed E-state index contributed by atoms with van der Waals surface area (Å²) in [4.78, 5) is 0. The molecule has 0 atom stereocenters. The number of rotatable bonds is 12. The number of allylic oxidation sites excluding steroid dienone is 1. The topological polar surface area (TPSA) is 18.5 Å². The summed E-state index contributed by atoms with van der Waals surface area (Å²) >= 11 is 6.25. The molecule has 0 aliphatic rings. The normalized spacial score (nSPS) is 11.7. The second-order valence-electron chi connectivity index (χ2n) is 8.29. The summed E-state index contributed by atoms with van der Waals surface area (Å²) in [5.74, 6) is 1.43. The van der Waals surface area contributed by atoms with Gasteiger partial charge in [0.15, 0.2) is 0 Å². The third kappa shape index (κ3) is 7.32. The fourth-order valence-corrected chi connectivity index (χ4v) is 4.29. The Labute approximate surface area is 213 Å². The van der Waals surface area contributed by atoms with Crippen molar-refractivity contribution in [1.82, 2.24) is 0 Å². The molecule has 0 unspecified atom stereocenters. The van der Waals surface area contributed by atoms with Crippen LogP contribution in [-0.2, 0) is 11.3 Å². The van der Waals surface area contributed by atoms with E-state index < -0.39 is 0 Å². The van der Waals surface area contributed by atoms with Crippen LogP contribution in [0.1, 0.15) is 35.1 Å². The van der Waals surface area contributed by atoms with E-state index in [4.69, 9.17) is 21.1 Å². The summed E-state index contributed by atoms with van der Waals surface area (Å²) in [6, 6.07) is 39.6. The van der Waals surface area contributed by atoms with Gasteiger partial charge in [-0.1, -0.05) is 103 Å². The van der Waals surface area contributed by atoms with Gasteiger partial charge in [0.25, 0.3) is 0 Å². The SMILES string of the molecule is ClCCC(=C(c1ccccc1)c1ccc(OCCCOCc2ccccc2)cc1)c1ccccc1. The zero-order chi connectivity index (χ0) is 24.1. The molecule has 0 bridgehead atoms. The Morgan fingerprint density at radius 3 is 1.80 bits per heavy atom. The van der Waals surface area contributed by atoms with Gasteiger partial charge in [-0.2, -0.15) is 0 Å². The Hall–Kier alpha value is -3.33. The Morgan fingerprint density at radius 1 is 0.600 bits per heavy atom. The molecule has 4 aromatic carbocycles. The predicted octanol–water partition coefficient (Wildman–Crippen LogP) is 8.26. The zero-order valence-electron chi connectivity index (χ0n) is 19.9. The molecule has 0 amide bonds. The maximum Gasteiger partial charge on any atom is 0.119 e. The highest BCUT2D eigenvalue weighted by Crippen LogP contribution is 2.35. The van der Waals surface area contributed by atoms with E-state index in [2.05, 4.69) is 72.8 Å². The molecule has 0 aliphatic heterocycles. The van der Waals surface area contributed by atoms with Crippen LogP contribution in [0.15, 0.2) is 115 Å². The average Bonchev–Trinajstić information content (AvgIpc) is 2.93. The van der Waals surface area contributed by atoms with Gasteiger partial charge >= 0.3 is 0 Å². The van der Waals surface area contributed by atoms with Crippen molar-refractivity contribution < 1.29 is 9.47 Å². The van der Waals surface area contributed by atoms with Crippen LogP contribution in [0.3, 0.4) is 0 Å². The monoisotopic (exact) mass is 482 g/mol. The first kappa shape index (κ1) is 24.8. The van der Waals surface area contributed by atoms with Crippen LogP contribution in [-0.4, -0.2) is 19.1 Å². The molecule has 0 aliphatic carbocycles. The molecular formula is C32H31ClO2. The van der Waals surface area contributed by atoms with Crippen LogP contribution in [0.2, 0.25) is 0 Å². The van der Waals surface area contributed by atoms with Gasteiger partial charge in [-0.15, -0.1) is 11.6 Å². The summed E-state index contributed by atoms with van der Waals surface area (Å²) in [6.07, 6.45) is 1.63. The molecule has 0 heterocycles. The summed E-state index contributed by atoms with van der Waals surface area (Å²) in [5, 5.41) is 0. The van der Waals surface area contributed by atoms with Crippen LogP contribution in [0.4, 0.5) is 0 Å². The van der Waals surface area contributed by atoms with Crippen LogP contribution in [0, 0.1) is 0 Å². The third-order valence-corrected chi connectivity index (χ3v) is 5.98. The van der Waals surface area contributed by atoms with Crippen molar-refractivity contribution in [3.63, 3.8) is 0 Å². The molecule has 0 saturated heterocycles. The molecule has 4 rings (SSSR count). The first-order chi connectivity index (χ1) is 17.3. The van der Waals surface area contributed by atoms with Gasteiger partial charge in [-0.05, 0) is 52.0 Å². The zero-order valence-corrected chi connectivity index (χ0v) is 20.7. The van der Waals surface area contributed by atoms with Crippen molar-refractivity contribution in [1.29, 1.82) is 0 Å². The third-order valence-electron chi connectivity index (χ3n) is 5.79. The van der Waals surface area contributed by atoms with Crippen LogP contribution >= 0.6 is 11.6 Å². The summed E-state index contributed by atoms with van der Waals surface area (Å²) in [7, 11) is 0. The molecule has 3 heteroatoms. The first-order valence-corrected chi connectivity index (χ1v) is 12.6. The van der Waals surface area contributed by atoms with E-state index in [1.807, 2.05) is 42.5 Å². The molecule has 0 saturated carbocycles. The number of benzene rings is 4. The van der Waals surface area contributed by atoms with E-state index in [9.17, 15) is 0 Å². The lowest BCUT2D eigenvalue weighted by molar-refractivity contribution is 0.107. The maximum atomic E-state index is 6.25. The molecule has 178 valence electrons. The van der Waals surface area contributed by atoms with Gasteiger partial charge in [0.1, 0.15) is 5.75 Å². The van der Waals surface area contributed by atoms with Crippen molar-refractivity contribution in [2.45, 2.75) is 19.4 Å². The van der Waals surface area contributed by atoms with Gasteiger partial charge in [0, 0.05) is 12.3 Å². The standard InChI is InChI=1S/C32H31ClO2/c33-22-21-31(27-13-6-2-7-14-27)32(28-15-8-3-9-16-28)29-17-19-30(20-18-29)35-24-10-23-34-25-26-11-4-1-5-12-26/h1-9,11-20H,10,21-25H2. The molecule has 4 aromatic rings. The van der Waals surface area contributed by atoms with Gasteiger partial charge in [-0.25, -0.2) is 0 Å². The Balaban J connectivity index is 1.44. The number of alkyl halides is 1. The van der Waals surface area contributed by atoms with Crippen molar-refractivity contribution in [3.05, 3.63) is 138 Å². The lowest BCUT2D eigenvalue weighted by Crippen LogP contribution is -2.03. The largest absolute Gasteiger partial charge is 0.494 e. The molecule has 0 radical (unpaired) electrons. The molecular weight excluding hydrogens is 452 g/mol.